The van der Waals surface area contributed by atoms with Crippen LogP contribution in [0.1, 0.15) is 44.1 Å². The Morgan fingerprint density at radius 1 is 0.966 bits per heavy atom. The zero-order valence-electron chi connectivity index (χ0n) is 17.2. The first-order valence-electron chi connectivity index (χ1n) is 10.4. The van der Waals surface area contributed by atoms with Crippen LogP contribution in [0.15, 0.2) is 22.8 Å². The van der Waals surface area contributed by atoms with Crippen molar-refractivity contribution in [1.82, 2.24) is 0 Å². The molecule has 5 aliphatic rings. The summed E-state index contributed by atoms with van der Waals surface area (Å²) in [5.74, 6) is 4.18. The van der Waals surface area contributed by atoms with Gasteiger partial charge in [0.1, 0.15) is 0 Å². The molecule has 6 rings (SSSR count). The molecule has 1 aliphatic heterocycles. The van der Waals surface area contributed by atoms with Crippen molar-refractivity contribution in [2.75, 3.05) is 21.3 Å². The topological polar surface area (TPSA) is 66.4 Å². The number of aliphatic imine (C=N–C) groups is 1. The van der Waals surface area contributed by atoms with Gasteiger partial charge in [-0.05, 0) is 80.1 Å². The predicted octanol–water partition coefficient (Wildman–Crippen LogP) is 4.23. The highest BCUT2D eigenvalue weighted by Gasteiger charge is 2.55. The molecule has 4 aliphatic carbocycles. The minimum absolute atomic E-state index is 0.0325. The Bertz CT molecular complexity index is 856. The van der Waals surface area contributed by atoms with Gasteiger partial charge < -0.3 is 18.9 Å². The molecule has 1 aromatic carbocycles. The van der Waals surface area contributed by atoms with Crippen LogP contribution in [0.2, 0.25) is 0 Å². The number of hydrogen-bond donors (Lipinski definition) is 0. The van der Waals surface area contributed by atoms with E-state index in [0.717, 1.165) is 42.6 Å². The second-order valence-corrected chi connectivity index (χ2v) is 8.99. The van der Waals surface area contributed by atoms with E-state index >= 15 is 0 Å². The van der Waals surface area contributed by atoms with Crippen LogP contribution < -0.4 is 14.2 Å². The number of cyclic esters (lactones) is 1. The summed E-state index contributed by atoms with van der Waals surface area (Å²) in [6.45, 7) is 0. The quantitative estimate of drug-likeness (QED) is 0.550. The normalized spacial score (nSPS) is 33.6. The van der Waals surface area contributed by atoms with Crippen molar-refractivity contribution in [3.05, 3.63) is 23.4 Å². The summed E-state index contributed by atoms with van der Waals surface area (Å²) >= 11 is 0. The van der Waals surface area contributed by atoms with Gasteiger partial charge in [0.05, 0.1) is 21.3 Å². The van der Waals surface area contributed by atoms with Crippen LogP contribution in [0.4, 0.5) is 0 Å². The molecule has 0 saturated heterocycles. The first kappa shape index (κ1) is 18.5. The van der Waals surface area contributed by atoms with Gasteiger partial charge in [0.25, 0.3) is 0 Å². The molecule has 0 unspecified atom stereocenters. The van der Waals surface area contributed by atoms with Crippen molar-refractivity contribution in [3.63, 3.8) is 0 Å². The summed E-state index contributed by atoms with van der Waals surface area (Å²) in [6.07, 6.45) is 9.10. The summed E-state index contributed by atoms with van der Waals surface area (Å²) in [7, 11) is 4.71. The number of methoxy groups -OCH3 is 3. The van der Waals surface area contributed by atoms with E-state index in [1.807, 2.05) is 0 Å². The largest absolute Gasteiger partial charge is 0.493 e. The smallest absolute Gasteiger partial charge is 0.363 e. The highest BCUT2D eigenvalue weighted by molar-refractivity contribution is 6.09. The summed E-state index contributed by atoms with van der Waals surface area (Å²) in [5, 5.41) is 0. The van der Waals surface area contributed by atoms with E-state index in [-0.39, 0.29) is 11.4 Å². The minimum atomic E-state index is -0.371. The second kappa shape index (κ2) is 6.78. The third-order valence-corrected chi connectivity index (χ3v) is 7.10. The van der Waals surface area contributed by atoms with Gasteiger partial charge in [0.2, 0.25) is 11.6 Å². The van der Waals surface area contributed by atoms with Gasteiger partial charge in [-0.3, -0.25) is 0 Å². The zero-order valence-corrected chi connectivity index (χ0v) is 17.2. The lowest BCUT2D eigenvalue weighted by Crippen LogP contribution is -2.50. The van der Waals surface area contributed by atoms with Crippen LogP contribution in [-0.2, 0) is 9.53 Å². The molecule has 0 atom stereocenters. The standard InChI is InChI=1S/C23H27NO5/c1-26-18-8-13(9-19(27-2)20(18)28-3)7-17-21(25)29-22(24-17)23-10-14-4-15(11-23)6-16(5-14)12-23/h7-9,14-16H,4-6,10-12H2,1-3H3/b17-7-. The van der Waals surface area contributed by atoms with Gasteiger partial charge >= 0.3 is 5.97 Å². The Kier molecular flexibility index (Phi) is 4.33. The predicted molar refractivity (Wildman–Crippen MR) is 108 cm³/mol. The molecule has 1 heterocycles. The van der Waals surface area contributed by atoms with Crippen LogP contribution in [0, 0.1) is 23.2 Å². The maximum absolute atomic E-state index is 12.6. The molecule has 0 radical (unpaired) electrons. The van der Waals surface area contributed by atoms with Crippen molar-refractivity contribution in [3.8, 4) is 17.2 Å². The fourth-order valence-corrected chi connectivity index (χ4v) is 6.35. The van der Waals surface area contributed by atoms with Crippen molar-refractivity contribution in [1.29, 1.82) is 0 Å². The highest BCUT2D eigenvalue weighted by atomic mass is 16.6. The van der Waals surface area contributed by atoms with Crippen LogP contribution in [0.25, 0.3) is 6.08 Å². The molecule has 0 aromatic heterocycles. The Balaban J connectivity index is 1.49. The number of hydrogen-bond acceptors (Lipinski definition) is 6. The molecule has 154 valence electrons. The fourth-order valence-electron chi connectivity index (χ4n) is 6.35. The first-order chi connectivity index (χ1) is 14.0. The Morgan fingerprint density at radius 2 is 1.52 bits per heavy atom. The monoisotopic (exact) mass is 397 g/mol. The summed E-state index contributed by atoms with van der Waals surface area (Å²) < 4.78 is 21.9. The van der Waals surface area contributed by atoms with E-state index in [1.165, 1.54) is 19.3 Å². The number of ether oxygens (including phenoxy) is 4. The second-order valence-electron chi connectivity index (χ2n) is 8.99. The number of carbonyl (C=O) groups is 1. The molecule has 6 nitrogen and oxygen atoms in total. The van der Waals surface area contributed by atoms with Gasteiger partial charge in [-0.2, -0.15) is 0 Å². The summed E-state index contributed by atoms with van der Waals surface area (Å²) in [6, 6.07) is 3.61. The third kappa shape index (κ3) is 3.00. The van der Waals surface area contributed by atoms with E-state index in [1.54, 1.807) is 39.5 Å². The van der Waals surface area contributed by atoms with Gasteiger partial charge in [0, 0.05) is 5.41 Å². The van der Waals surface area contributed by atoms with Gasteiger partial charge in [-0.1, -0.05) is 0 Å². The molecule has 4 bridgehead atoms. The highest BCUT2D eigenvalue weighted by Crippen LogP contribution is 2.61. The van der Waals surface area contributed by atoms with Crippen LogP contribution in [-0.4, -0.2) is 33.2 Å². The molecule has 4 saturated carbocycles. The lowest BCUT2D eigenvalue weighted by molar-refractivity contribution is -0.131. The lowest BCUT2D eigenvalue weighted by atomic mass is 9.49. The molecule has 29 heavy (non-hydrogen) atoms. The number of esters is 1. The fraction of sp³-hybridized carbons (Fsp3) is 0.565. The van der Waals surface area contributed by atoms with Gasteiger partial charge in [-0.25, -0.2) is 9.79 Å². The Morgan fingerprint density at radius 3 is 2.00 bits per heavy atom. The van der Waals surface area contributed by atoms with Gasteiger partial charge in [-0.15, -0.1) is 0 Å². The zero-order chi connectivity index (χ0) is 20.2. The average Bonchev–Trinajstić information content (AvgIpc) is 3.07. The summed E-state index contributed by atoms with van der Waals surface area (Å²) in [5.41, 5.74) is 1.06. The van der Waals surface area contributed by atoms with E-state index in [2.05, 4.69) is 0 Å². The van der Waals surface area contributed by atoms with Crippen LogP contribution >= 0.6 is 0 Å². The minimum Gasteiger partial charge on any atom is -0.493 e. The molecule has 1 aromatic rings. The van der Waals surface area contributed by atoms with E-state index in [0.29, 0.717) is 28.8 Å². The number of benzene rings is 1. The first-order valence-corrected chi connectivity index (χ1v) is 10.4. The maximum Gasteiger partial charge on any atom is 0.363 e. The molecule has 0 amide bonds. The molecule has 4 fully saturated rings. The molecular weight excluding hydrogens is 370 g/mol. The number of rotatable bonds is 5. The van der Waals surface area contributed by atoms with Crippen LogP contribution in [0.3, 0.4) is 0 Å². The number of carbonyl (C=O) groups excluding carboxylic acids is 1. The van der Waals surface area contributed by atoms with Crippen molar-refractivity contribution >= 4 is 17.9 Å². The Labute approximate surface area is 170 Å². The lowest BCUT2D eigenvalue weighted by Gasteiger charge is -2.55. The van der Waals surface area contributed by atoms with Gasteiger partial charge in [0.15, 0.2) is 17.2 Å². The number of nitrogens with zero attached hydrogens (tertiary/aromatic N) is 1. The average molecular weight is 397 g/mol. The van der Waals surface area contributed by atoms with Crippen molar-refractivity contribution in [2.24, 2.45) is 28.2 Å². The SMILES string of the molecule is COc1cc(/C=C2\N=C(C34CC5CC(CC(C5)C3)C4)OC2=O)cc(OC)c1OC. The van der Waals surface area contributed by atoms with Crippen LogP contribution in [0.5, 0.6) is 17.2 Å². The molecular formula is C23H27NO5. The maximum atomic E-state index is 12.6. The Hall–Kier alpha value is -2.50. The van der Waals surface area contributed by atoms with Crippen molar-refractivity contribution < 1.29 is 23.7 Å². The molecule has 6 heteroatoms. The molecule has 0 N–H and O–H groups in total. The van der Waals surface area contributed by atoms with E-state index in [9.17, 15) is 4.79 Å². The molecule has 0 spiro atoms. The van der Waals surface area contributed by atoms with Crippen molar-refractivity contribution in [2.45, 2.75) is 38.5 Å². The summed E-state index contributed by atoms with van der Waals surface area (Å²) in [4.78, 5) is 17.3. The third-order valence-electron chi connectivity index (χ3n) is 7.10. The van der Waals surface area contributed by atoms with E-state index in [4.69, 9.17) is 23.9 Å². The van der Waals surface area contributed by atoms with E-state index < -0.39 is 0 Å².